The van der Waals surface area contributed by atoms with E-state index in [1.807, 2.05) is 29.5 Å². The number of carbonyl (C=O) groups excluding carboxylic acids is 3. The fourth-order valence-corrected chi connectivity index (χ4v) is 4.41. The van der Waals surface area contributed by atoms with E-state index in [1.54, 1.807) is 48.5 Å². The van der Waals surface area contributed by atoms with E-state index >= 15 is 0 Å². The van der Waals surface area contributed by atoms with Crippen LogP contribution in [0.25, 0.3) is 6.08 Å². The highest BCUT2D eigenvalue weighted by Crippen LogP contribution is 2.36. The van der Waals surface area contributed by atoms with Gasteiger partial charge in [0, 0.05) is 12.1 Å². The first-order chi connectivity index (χ1) is 17.7. The summed E-state index contributed by atoms with van der Waals surface area (Å²) in [6.07, 6.45) is 1.38. The van der Waals surface area contributed by atoms with Crippen molar-refractivity contribution in [3.8, 4) is 11.5 Å². The van der Waals surface area contributed by atoms with Crippen molar-refractivity contribution in [1.82, 2.24) is 5.32 Å². The van der Waals surface area contributed by atoms with Gasteiger partial charge in [0.25, 0.3) is 17.5 Å². The fraction of sp³-hybridized carbons (Fsp3) is 0.115. The number of nitro benzene ring substituents is 1. The number of anilines is 1. The summed E-state index contributed by atoms with van der Waals surface area (Å²) >= 11 is 2.03. The predicted octanol–water partition coefficient (Wildman–Crippen LogP) is 4.76. The van der Waals surface area contributed by atoms with Crippen LogP contribution >= 0.6 is 22.6 Å². The Morgan fingerprint density at radius 2 is 1.81 bits per heavy atom. The van der Waals surface area contributed by atoms with Crippen LogP contribution in [-0.2, 0) is 16.2 Å². The van der Waals surface area contributed by atoms with Crippen LogP contribution in [-0.4, -0.2) is 29.9 Å². The molecule has 10 nitrogen and oxygen atoms in total. The molecular weight excluding hydrogens is 593 g/mol. The predicted molar refractivity (Wildman–Crippen MR) is 143 cm³/mol. The van der Waals surface area contributed by atoms with Gasteiger partial charge in [-0.05, 0) is 71.0 Å². The summed E-state index contributed by atoms with van der Waals surface area (Å²) in [6.45, 7) is 1.94. The number of hydrogen-bond acceptors (Lipinski definition) is 7. The topological polar surface area (TPSA) is 128 Å². The molecule has 3 aromatic carbocycles. The number of barbiturate groups is 1. The zero-order valence-electron chi connectivity index (χ0n) is 19.7. The molecule has 1 aliphatic rings. The number of ether oxygens (including phenoxy) is 2. The van der Waals surface area contributed by atoms with E-state index in [1.165, 1.54) is 25.3 Å². The first-order valence-electron chi connectivity index (χ1n) is 10.9. The van der Waals surface area contributed by atoms with E-state index in [4.69, 9.17) is 9.47 Å². The van der Waals surface area contributed by atoms with Gasteiger partial charge in [-0.15, -0.1) is 0 Å². The van der Waals surface area contributed by atoms with Crippen LogP contribution in [0.15, 0.2) is 66.2 Å². The number of benzene rings is 3. The lowest BCUT2D eigenvalue weighted by atomic mass is 10.1. The number of methoxy groups -OCH3 is 1. The highest BCUT2D eigenvalue weighted by Gasteiger charge is 2.36. The maximum atomic E-state index is 13.1. The number of halogens is 1. The number of non-ortho nitro benzene ring substituents is 1. The van der Waals surface area contributed by atoms with Crippen LogP contribution in [0, 0.1) is 20.6 Å². The van der Waals surface area contributed by atoms with Crippen molar-refractivity contribution in [2.24, 2.45) is 0 Å². The molecule has 1 saturated heterocycles. The van der Waals surface area contributed by atoms with E-state index in [-0.39, 0.29) is 17.9 Å². The fourth-order valence-electron chi connectivity index (χ4n) is 3.63. The zero-order valence-corrected chi connectivity index (χ0v) is 21.8. The van der Waals surface area contributed by atoms with E-state index in [9.17, 15) is 24.5 Å². The van der Waals surface area contributed by atoms with E-state index in [0.29, 0.717) is 31.9 Å². The Bertz CT molecular complexity index is 1450. The largest absolute Gasteiger partial charge is 0.493 e. The van der Waals surface area contributed by atoms with Gasteiger partial charge in [-0.3, -0.25) is 25.0 Å². The summed E-state index contributed by atoms with van der Waals surface area (Å²) in [4.78, 5) is 49.6. The molecule has 0 aliphatic carbocycles. The monoisotopic (exact) mass is 613 g/mol. The van der Waals surface area contributed by atoms with Gasteiger partial charge in [0.05, 0.1) is 21.3 Å². The molecule has 188 valence electrons. The highest BCUT2D eigenvalue weighted by molar-refractivity contribution is 14.1. The molecule has 4 rings (SSSR count). The summed E-state index contributed by atoms with van der Waals surface area (Å²) in [7, 11) is 1.44. The number of nitrogens with one attached hydrogen (secondary N) is 1. The Morgan fingerprint density at radius 1 is 1.08 bits per heavy atom. The van der Waals surface area contributed by atoms with Crippen molar-refractivity contribution in [3.05, 3.63) is 96.6 Å². The Balaban J connectivity index is 1.62. The van der Waals surface area contributed by atoms with Crippen LogP contribution in [0.5, 0.6) is 11.5 Å². The minimum Gasteiger partial charge on any atom is -0.493 e. The standard InChI is InChI=1S/C26H20IN3O7/c1-15-6-8-18(9-7-15)29-25(32)20(24(31)28-26(29)33)11-17-12-21(27)23(22(13-17)36-2)37-14-16-4-3-5-19(10-16)30(34)35/h3-13H,14H2,1-2H3,(H,28,31,33)/b20-11+. The van der Waals surface area contributed by atoms with Crippen molar-refractivity contribution in [2.75, 3.05) is 12.0 Å². The third kappa shape index (κ3) is 5.61. The van der Waals surface area contributed by atoms with Crippen LogP contribution in [0.2, 0.25) is 0 Å². The Kier molecular flexibility index (Phi) is 7.53. The summed E-state index contributed by atoms with van der Waals surface area (Å²) in [6, 6.07) is 15.3. The van der Waals surface area contributed by atoms with Crippen molar-refractivity contribution in [1.29, 1.82) is 0 Å². The molecule has 0 bridgehead atoms. The summed E-state index contributed by atoms with van der Waals surface area (Å²) in [5.41, 5.74) is 2.10. The average molecular weight is 613 g/mol. The van der Waals surface area contributed by atoms with Gasteiger partial charge in [-0.1, -0.05) is 29.8 Å². The number of amides is 4. The van der Waals surface area contributed by atoms with Crippen LogP contribution < -0.4 is 19.7 Å². The lowest BCUT2D eigenvalue weighted by molar-refractivity contribution is -0.384. The second-order valence-electron chi connectivity index (χ2n) is 8.04. The van der Waals surface area contributed by atoms with Crippen LogP contribution in [0.4, 0.5) is 16.2 Å². The molecule has 0 radical (unpaired) electrons. The molecule has 1 fully saturated rings. The molecule has 0 atom stereocenters. The quantitative estimate of drug-likeness (QED) is 0.134. The molecule has 0 spiro atoms. The first-order valence-corrected chi connectivity index (χ1v) is 12.0. The Morgan fingerprint density at radius 3 is 2.49 bits per heavy atom. The second-order valence-corrected chi connectivity index (χ2v) is 9.21. The highest BCUT2D eigenvalue weighted by atomic mass is 127. The maximum absolute atomic E-state index is 13.1. The molecule has 4 amide bonds. The molecule has 1 aliphatic heterocycles. The van der Waals surface area contributed by atoms with Crippen LogP contribution in [0.1, 0.15) is 16.7 Å². The number of nitrogens with zero attached hydrogens (tertiary/aromatic N) is 2. The molecule has 1 heterocycles. The van der Waals surface area contributed by atoms with Gasteiger partial charge in [0.1, 0.15) is 12.2 Å². The van der Waals surface area contributed by atoms with Gasteiger partial charge >= 0.3 is 6.03 Å². The van der Waals surface area contributed by atoms with Gasteiger partial charge in [0.2, 0.25) is 0 Å². The molecular formula is C26H20IN3O7. The van der Waals surface area contributed by atoms with Crippen molar-refractivity contribution < 1.29 is 28.8 Å². The molecule has 0 aromatic heterocycles. The number of imide groups is 2. The number of rotatable bonds is 7. The van der Waals surface area contributed by atoms with Crippen molar-refractivity contribution in [3.63, 3.8) is 0 Å². The molecule has 1 N–H and O–H groups in total. The minimum absolute atomic E-state index is 0.0432. The van der Waals surface area contributed by atoms with Crippen molar-refractivity contribution >= 4 is 57.9 Å². The SMILES string of the molecule is COc1cc(/C=C2\C(=O)NC(=O)N(c3ccc(C)cc3)C2=O)cc(I)c1OCc1cccc([N+](=O)[O-])c1. The molecule has 37 heavy (non-hydrogen) atoms. The van der Waals surface area contributed by atoms with Gasteiger partial charge in [0.15, 0.2) is 11.5 Å². The third-order valence-electron chi connectivity index (χ3n) is 5.46. The lowest BCUT2D eigenvalue weighted by Gasteiger charge is -2.26. The Labute approximate surface area is 225 Å². The molecule has 0 unspecified atom stereocenters. The summed E-state index contributed by atoms with van der Waals surface area (Å²) in [5.74, 6) is -0.831. The zero-order chi connectivity index (χ0) is 26.7. The summed E-state index contributed by atoms with van der Waals surface area (Å²) in [5, 5.41) is 13.2. The average Bonchev–Trinajstić information content (AvgIpc) is 2.86. The lowest BCUT2D eigenvalue weighted by Crippen LogP contribution is -2.54. The van der Waals surface area contributed by atoms with E-state index in [2.05, 4.69) is 5.32 Å². The number of hydrogen-bond donors (Lipinski definition) is 1. The first kappa shape index (κ1) is 25.8. The van der Waals surface area contributed by atoms with Crippen LogP contribution in [0.3, 0.4) is 0 Å². The van der Waals surface area contributed by atoms with Crippen molar-refractivity contribution in [2.45, 2.75) is 13.5 Å². The minimum atomic E-state index is -0.826. The molecule has 11 heteroatoms. The number of aryl methyl sites for hydroxylation is 1. The number of nitro groups is 1. The molecule has 3 aromatic rings. The third-order valence-corrected chi connectivity index (χ3v) is 6.26. The van der Waals surface area contributed by atoms with Gasteiger partial charge in [-0.2, -0.15) is 0 Å². The van der Waals surface area contributed by atoms with Gasteiger partial charge < -0.3 is 9.47 Å². The smallest absolute Gasteiger partial charge is 0.335 e. The maximum Gasteiger partial charge on any atom is 0.335 e. The second kappa shape index (κ2) is 10.8. The molecule has 0 saturated carbocycles. The summed E-state index contributed by atoms with van der Waals surface area (Å²) < 4.78 is 12.0. The normalized spacial score (nSPS) is 14.5. The van der Waals surface area contributed by atoms with E-state index in [0.717, 1.165) is 10.5 Å². The number of urea groups is 1. The van der Waals surface area contributed by atoms with Gasteiger partial charge in [-0.25, -0.2) is 9.69 Å². The number of carbonyl (C=O) groups is 3. The Hall–Kier alpha value is -4.26. The van der Waals surface area contributed by atoms with E-state index < -0.39 is 22.8 Å².